The van der Waals surface area contributed by atoms with Crippen molar-refractivity contribution < 1.29 is 21.7 Å². The molecule has 2 saturated carbocycles. The Morgan fingerprint density at radius 3 is 2.60 bits per heavy atom. The van der Waals surface area contributed by atoms with Gasteiger partial charge in [0.2, 0.25) is 0 Å². The van der Waals surface area contributed by atoms with Gasteiger partial charge in [0.1, 0.15) is 6.61 Å². The molecule has 0 spiro atoms. The minimum atomic E-state index is -2.96. The van der Waals surface area contributed by atoms with Gasteiger partial charge >= 0.3 is 11.4 Å². The van der Waals surface area contributed by atoms with Crippen LogP contribution in [0.5, 0.6) is 0 Å². The van der Waals surface area contributed by atoms with E-state index >= 15 is 0 Å². The van der Waals surface area contributed by atoms with Crippen LogP contribution >= 0.6 is 0 Å². The molecule has 1 N–H and O–H groups in total. The molecule has 0 heterocycles. The van der Waals surface area contributed by atoms with E-state index in [9.17, 15) is 13.0 Å². The molecule has 2 fully saturated rings. The van der Waals surface area contributed by atoms with Crippen LogP contribution in [0.3, 0.4) is 0 Å². The maximum Gasteiger partial charge on any atom is 0.302 e. The molecule has 2 bridgehead atoms. The second-order valence-electron chi connectivity index (χ2n) is 4.52. The van der Waals surface area contributed by atoms with Gasteiger partial charge in [-0.25, -0.2) is 8.78 Å². The summed E-state index contributed by atoms with van der Waals surface area (Å²) in [4.78, 5) is 0. The van der Waals surface area contributed by atoms with Gasteiger partial charge in [-0.15, -0.1) is 0 Å². The van der Waals surface area contributed by atoms with Crippen molar-refractivity contribution in [3.63, 3.8) is 0 Å². The van der Waals surface area contributed by atoms with E-state index in [0.29, 0.717) is 12.3 Å². The van der Waals surface area contributed by atoms with Gasteiger partial charge in [-0.1, -0.05) is 6.42 Å². The van der Waals surface area contributed by atoms with E-state index in [-0.39, 0.29) is 5.92 Å². The molecule has 0 aromatic rings. The zero-order chi connectivity index (χ0) is 11.1. The van der Waals surface area contributed by atoms with Crippen molar-refractivity contribution in [1.82, 2.24) is 0 Å². The Bertz CT molecular complexity index is 272. The molecule has 88 valence electrons. The summed E-state index contributed by atoms with van der Waals surface area (Å²) in [6.45, 7) is -0.940. The smallest absolute Gasteiger partial charge is 0.284 e. The highest BCUT2D eigenvalue weighted by atomic mass is 32.2. The normalized spacial score (nSPS) is 37.1. The molecule has 2 rings (SSSR count). The Balaban J connectivity index is 1.93. The van der Waals surface area contributed by atoms with Crippen LogP contribution < -0.4 is 0 Å². The largest absolute Gasteiger partial charge is 0.302 e. The summed E-state index contributed by atoms with van der Waals surface area (Å²) in [5, 5.41) is 0. The molecule has 15 heavy (non-hydrogen) atoms. The van der Waals surface area contributed by atoms with Crippen molar-refractivity contribution in [2.24, 2.45) is 17.8 Å². The Kier molecular flexibility index (Phi) is 3.10. The van der Waals surface area contributed by atoms with Crippen molar-refractivity contribution in [2.75, 3.05) is 6.61 Å². The van der Waals surface area contributed by atoms with E-state index in [0.717, 1.165) is 19.3 Å². The zero-order valence-electron chi connectivity index (χ0n) is 8.20. The van der Waals surface area contributed by atoms with Gasteiger partial charge < -0.3 is 0 Å². The second-order valence-corrected chi connectivity index (χ2v) is 5.19. The van der Waals surface area contributed by atoms with E-state index in [1.165, 1.54) is 0 Å². The van der Waals surface area contributed by atoms with Crippen LogP contribution in [0, 0.1) is 17.8 Å². The highest BCUT2D eigenvalue weighted by Gasteiger charge is 2.52. The Morgan fingerprint density at radius 2 is 2.13 bits per heavy atom. The van der Waals surface area contributed by atoms with Gasteiger partial charge in [0, 0.05) is 5.92 Å². The molecule has 4 atom stereocenters. The Hall–Kier alpha value is -0.0700. The molecule has 0 aromatic heterocycles. The Morgan fingerprint density at radius 1 is 1.40 bits per heavy atom. The maximum atomic E-state index is 13.6. The fourth-order valence-electron chi connectivity index (χ4n) is 3.00. The summed E-state index contributed by atoms with van der Waals surface area (Å²) >= 11 is -2.59. The number of rotatable bonds is 4. The molecule has 0 aliphatic heterocycles. The van der Waals surface area contributed by atoms with E-state index in [1.54, 1.807) is 0 Å². The van der Waals surface area contributed by atoms with Crippen LogP contribution in [0.25, 0.3) is 0 Å². The third-order valence-electron chi connectivity index (χ3n) is 3.63. The first-order chi connectivity index (χ1) is 6.99. The molecular formula is C9H14F2O3S. The number of hydrogen-bond donors (Lipinski definition) is 1. The molecule has 0 saturated heterocycles. The lowest BCUT2D eigenvalue weighted by molar-refractivity contribution is -0.105. The summed E-state index contributed by atoms with van der Waals surface area (Å²) in [7, 11) is 0. The van der Waals surface area contributed by atoms with Gasteiger partial charge in [0.15, 0.2) is 0 Å². The van der Waals surface area contributed by atoms with E-state index in [4.69, 9.17) is 4.55 Å². The second kappa shape index (κ2) is 4.07. The molecule has 2 aliphatic rings. The van der Waals surface area contributed by atoms with E-state index in [1.807, 2.05) is 0 Å². The van der Waals surface area contributed by atoms with Crippen LogP contribution in [-0.4, -0.2) is 21.3 Å². The van der Waals surface area contributed by atoms with Crippen molar-refractivity contribution in [3.8, 4) is 0 Å². The van der Waals surface area contributed by atoms with Gasteiger partial charge in [-0.3, -0.25) is 8.74 Å². The van der Waals surface area contributed by atoms with Gasteiger partial charge in [-0.2, -0.15) is 4.21 Å². The van der Waals surface area contributed by atoms with Crippen molar-refractivity contribution in [2.45, 2.75) is 31.6 Å². The third-order valence-corrected chi connectivity index (χ3v) is 3.95. The highest BCUT2D eigenvalue weighted by molar-refractivity contribution is 7.74. The lowest BCUT2D eigenvalue weighted by Gasteiger charge is -2.29. The topological polar surface area (TPSA) is 46.5 Å². The molecular weight excluding hydrogens is 226 g/mol. The van der Waals surface area contributed by atoms with Crippen LogP contribution in [0.1, 0.15) is 25.7 Å². The zero-order valence-corrected chi connectivity index (χ0v) is 9.01. The summed E-state index contributed by atoms with van der Waals surface area (Å²) < 4.78 is 49.7. The number of fused-ring (bicyclic) bond motifs is 2. The van der Waals surface area contributed by atoms with Crippen LogP contribution in [0.4, 0.5) is 8.78 Å². The molecule has 0 amide bonds. The first-order valence-electron chi connectivity index (χ1n) is 5.11. The standard InChI is InChI=1S/C9H14F2O3S/c10-9(11,5-14-15(12)13)8-4-6-1-2-7(8)3-6/h6-8H,1-5H2,(H,12,13). The van der Waals surface area contributed by atoms with Crippen LogP contribution in [0.2, 0.25) is 0 Å². The Labute approximate surface area is 89.7 Å². The average Bonchev–Trinajstić information content (AvgIpc) is 2.76. The van der Waals surface area contributed by atoms with E-state index in [2.05, 4.69) is 4.18 Å². The van der Waals surface area contributed by atoms with Gasteiger partial charge in [0.25, 0.3) is 5.92 Å². The lowest BCUT2D eigenvalue weighted by atomic mass is 9.84. The number of halogens is 2. The first-order valence-corrected chi connectivity index (χ1v) is 6.14. The highest BCUT2D eigenvalue weighted by Crippen LogP contribution is 2.53. The predicted molar refractivity (Wildman–Crippen MR) is 50.6 cm³/mol. The SMILES string of the molecule is O=S(O)OCC(F)(F)C1CC2CCC1C2. The van der Waals surface area contributed by atoms with Crippen molar-refractivity contribution >= 4 is 11.4 Å². The van der Waals surface area contributed by atoms with Gasteiger partial charge in [-0.05, 0) is 31.1 Å². The molecule has 0 aromatic carbocycles. The third kappa shape index (κ3) is 2.37. The maximum absolute atomic E-state index is 13.6. The summed E-state index contributed by atoms with van der Waals surface area (Å²) in [5.41, 5.74) is 0. The monoisotopic (exact) mass is 240 g/mol. The fraction of sp³-hybridized carbons (Fsp3) is 1.00. The van der Waals surface area contributed by atoms with E-state index < -0.39 is 29.8 Å². The van der Waals surface area contributed by atoms with Crippen LogP contribution in [-0.2, 0) is 15.5 Å². The minimum absolute atomic E-state index is 0.0840. The average molecular weight is 240 g/mol. The molecule has 0 radical (unpaired) electrons. The lowest BCUT2D eigenvalue weighted by Crippen LogP contribution is -2.37. The number of hydrogen-bond acceptors (Lipinski definition) is 2. The molecule has 3 nitrogen and oxygen atoms in total. The number of alkyl halides is 2. The molecule has 6 heteroatoms. The molecule has 2 aliphatic carbocycles. The molecule has 4 unspecified atom stereocenters. The quantitative estimate of drug-likeness (QED) is 0.766. The van der Waals surface area contributed by atoms with Crippen molar-refractivity contribution in [3.05, 3.63) is 0 Å². The first kappa shape index (κ1) is 11.4. The summed E-state index contributed by atoms with van der Waals surface area (Å²) in [5.74, 6) is -3.09. The van der Waals surface area contributed by atoms with Gasteiger partial charge in [0.05, 0.1) is 0 Å². The van der Waals surface area contributed by atoms with Crippen LogP contribution in [0.15, 0.2) is 0 Å². The summed E-state index contributed by atoms with van der Waals surface area (Å²) in [6.07, 6.45) is 3.36. The summed E-state index contributed by atoms with van der Waals surface area (Å²) in [6, 6.07) is 0. The fourth-order valence-corrected chi connectivity index (χ4v) is 3.26. The predicted octanol–water partition coefficient (Wildman–Crippen LogP) is 2.21. The van der Waals surface area contributed by atoms with Crippen molar-refractivity contribution in [1.29, 1.82) is 0 Å². The minimum Gasteiger partial charge on any atom is -0.284 e.